The quantitative estimate of drug-likeness (QED) is 0.815. The van der Waals surface area contributed by atoms with Crippen molar-refractivity contribution in [2.24, 2.45) is 0 Å². The first kappa shape index (κ1) is 11.0. The Morgan fingerprint density at radius 2 is 2.07 bits per heavy atom. The van der Waals surface area contributed by atoms with E-state index < -0.39 is 12.7 Å². The van der Waals surface area contributed by atoms with Gasteiger partial charge in [0.15, 0.2) is 0 Å². The standard InChI is InChI=1S/C9H11F3N2/c1-7-2-3-8(14-4-7)5-13-6-9(10,11)12/h2-4,13H,5-6H2,1H3. The number of aryl methyl sites for hydroxylation is 1. The number of aromatic nitrogens is 1. The van der Waals surface area contributed by atoms with Gasteiger partial charge in [-0.3, -0.25) is 4.98 Å². The van der Waals surface area contributed by atoms with E-state index in [0.717, 1.165) is 5.56 Å². The van der Waals surface area contributed by atoms with Crippen molar-refractivity contribution in [3.05, 3.63) is 29.6 Å². The molecule has 1 rings (SSSR count). The molecular weight excluding hydrogens is 193 g/mol. The first-order valence-corrected chi connectivity index (χ1v) is 4.16. The molecular formula is C9H11F3N2. The van der Waals surface area contributed by atoms with E-state index in [1.807, 2.05) is 13.0 Å². The van der Waals surface area contributed by atoms with Crippen molar-refractivity contribution in [2.75, 3.05) is 6.54 Å². The van der Waals surface area contributed by atoms with Crippen molar-refractivity contribution in [2.45, 2.75) is 19.6 Å². The Bertz CT molecular complexity index is 279. The summed E-state index contributed by atoms with van der Waals surface area (Å²) in [4.78, 5) is 3.97. The van der Waals surface area contributed by atoms with E-state index in [9.17, 15) is 13.2 Å². The first-order valence-electron chi connectivity index (χ1n) is 4.16. The average molecular weight is 204 g/mol. The fraction of sp³-hybridized carbons (Fsp3) is 0.444. The molecule has 1 aromatic heterocycles. The van der Waals surface area contributed by atoms with E-state index in [0.29, 0.717) is 5.69 Å². The average Bonchev–Trinajstić information content (AvgIpc) is 2.06. The van der Waals surface area contributed by atoms with Gasteiger partial charge in [0.05, 0.1) is 12.2 Å². The minimum Gasteiger partial charge on any atom is -0.303 e. The van der Waals surface area contributed by atoms with Crippen molar-refractivity contribution >= 4 is 0 Å². The van der Waals surface area contributed by atoms with Crippen LogP contribution < -0.4 is 5.32 Å². The van der Waals surface area contributed by atoms with Gasteiger partial charge in [0.1, 0.15) is 0 Å². The summed E-state index contributed by atoms with van der Waals surface area (Å²) in [6.45, 7) is 1.03. The maximum atomic E-state index is 11.7. The fourth-order valence-electron chi connectivity index (χ4n) is 0.935. The number of hydrogen-bond donors (Lipinski definition) is 1. The van der Waals surface area contributed by atoms with Gasteiger partial charge in [-0.1, -0.05) is 6.07 Å². The molecule has 0 spiro atoms. The Hall–Kier alpha value is -1.10. The second-order valence-electron chi connectivity index (χ2n) is 3.05. The second-order valence-corrected chi connectivity index (χ2v) is 3.05. The maximum Gasteiger partial charge on any atom is 0.401 e. The lowest BCUT2D eigenvalue weighted by atomic mass is 10.3. The van der Waals surface area contributed by atoms with Crippen LogP contribution >= 0.6 is 0 Å². The van der Waals surface area contributed by atoms with Crippen LogP contribution in [0.2, 0.25) is 0 Å². The number of pyridine rings is 1. The zero-order chi connectivity index (χ0) is 10.6. The largest absolute Gasteiger partial charge is 0.401 e. The van der Waals surface area contributed by atoms with Gasteiger partial charge in [0.2, 0.25) is 0 Å². The van der Waals surface area contributed by atoms with Crippen molar-refractivity contribution in [1.82, 2.24) is 10.3 Å². The van der Waals surface area contributed by atoms with Crippen LogP contribution in [0.4, 0.5) is 13.2 Å². The minimum absolute atomic E-state index is 0.139. The third-order valence-electron chi connectivity index (χ3n) is 1.60. The molecule has 1 heterocycles. The van der Waals surface area contributed by atoms with Crippen molar-refractivity contribution in [3.63, 3.8) is 0 Å². The first-order chi connectivity index (χ1) is 6.47. The summed E-state index contributed by atoms with van der Waals surface area (Å²) in [6.07, 6.45) is -2.53. The lowest BCUT2D eigenvalue weighted by Crippen LogP contribution is -2.28. The van der Waals surface area contributed by atoms with Crippen LogP contribution in [0.5, 0.6) is 0 Å². The normalized spacial score (nSPS) is 11.7. The molecule has 0 amide bonds. The fourth-order valence-corrected chi connectivity index (χ4v) is 0.935. The summed E-state index contributed by atoms with van der Waals surface area (Å²) >= 11 is 0. The molecule has 0 unspecified atom stereocenters. The third kappa shape index (κ3) is 4.23. The molecule has 0 aromatic carbocycles. The summed E-state index contributed by atoms with van der Waals surface area (Å²) in [7, 11) is 0. The number of hydrogen-bond acceptors (Lipinski definition) is 2. The summed E-state index contributed by atoms with van der Waals surface area (Å²) in [5.41, 5.74) is 1.60. The van der Waals surface area contributed by atoms with Crippen LogP contribution in [0, 0.1) is 6.92 Å². The second kappa shape index (κ2) is 4.41. The van der Waals surface area contributed by atoms with Crippen LogP contribution in [-0.2, 0) is 6.54 Å². The molecule has 2 nitrogen and oxygen atoms in total. The highest BCUT2D eigenvalue weighted by Crippen LogP contribution is 2.12. The van der Waals surface area contributed by atoms with Gasteiger partial charge in [-0.2, -0.15) is 13.2 Å². The Morgan fingerprint density at radius 1 is 1.36 bits per heavy atom. The topological polar surface area (TPSA) is 24.9 Å². The van der Waals surface area contributed by atoms with E-state index in [-0.39, 0.29) is 6.54 Å². The molecule has 0 radical (unpaired) electrons. The van der Waals surface area contributed by atoms with Gasteiger partial charge in [-0.05, 0) is 18.6 Å². The SMILES string of the molecule is Cc1ccc(CNCC(F)(F)F)nc1. The number of halogens is 3. The van der Waals surface area contributed by atoms with E-state index in [4.69, 9.17) is 0 Å². The minimum atomic E-state index is -4.16. The van der Waals surface area contributed by atoms with Crippen molar-refractivity contribution < 1.29 is 13.2 Å². The van der Waals surface area contributed by atoms with E-state index >= 15 is 0 Å². The molecule has 0 fully saturated rings. The van der Waals surface area contributed by atoms with Crippen LogP contribution in [0.15, 0.2) is 18.3 Å². The third-order valence-corrected chi connectivity index (χ3v) is 1.60. The van der Waals surface area contributed by atoms with Crippen LogP contribution in [-0.4, -0.2) is 17.7 Å². The van der Waals surface area contributed by atoms with E-state index in [2.05, 4.69) is 10.3 Å². The summed E-state index contributed by atoms with van der Waals surface area (Å²) in [5, 5.41) is 2.27. The molecule has 0 bridgehead atoms. The van der Waals surface area contributed by atoms with Gasteiger partial charge in [-0.15, -0.1) is 0 Å². The Morgan fingerprint density at radius 3 is 2.57 bits per heavy atom. The summed E-state index contributed by atoms with van der Waals surface area (Å²) in [5.74, 6) is 0. The molecule has 0 atom stereocenters. The van der Waals surface area contributed by atoms with Gasteiger partial charge in [-0.25, -0.2) is 0 Å². The molecule has 14 heavy (non-hydrogen) atoms. The molecule has 0 aliphatic heterocycles. The van der Waals surface area contributed by atoms with Crippen LogP contribution in [0.3, 0.4) is 0 Å². The maximum absolute atomic E-state index is 11.7. The molecule has 0 saturated carbocycles. The smallest absolute Gasteiger partial charge is 0.303 e. The predicted molar refractivity (Wildman–Crippen MR) is 46.7 cm³/mol. The lowest BCUT2D eigenvalue weighted by molar-refractivity contribution is -0.125. The lowest BCUT2D eigenvalue weighted by Gasteiger charge is -2.07. The van der Waals surface area contributed by atoms with Gasteiger partial charge < -0.3 is 5.32 Å². The molecule has 1 N–H and O–H groups in total. The van der Waals surface area contributed by atoms with E-state index in [1.54, 1.807) is 12.3 Å². The van der Waals surface area contributed by atoms with Crippen LogP contribution in [0.25, 0.3) is 0 Å². The number of rotatable bonds is 3. The highest BCUT2D eigenvalue weighted by Gasteiger charge is 2.26. The zero-order valence-electron chi connectivity index (χ0n) is 7.73. The highest BCUT2D eigenvalue weighted by molar-refractivity contribution is 5.11. The van der Waals surface area contributed by atoms with Gasteiger partial charge in [0.25, 0.3) is 0 Å². The van der Waals surface area contributed by atoms with Gasteiger partial charge >= 0.3 is 6.18 Å². The Kier molecular flexibility index (Phi) is 3.46. The molecule has 0 aliphatic carbocycles. The van der Waals surface area contributed by atoms with Gasteiger partial charge in [0, 0.05) is 12.7 Å². The summed E-state index contributed by atoms with van der Waals surface area (Å²) in [6, 6.07) is 3.52. The van der Waals surface area contributed by atoms with E-state index in [1.165, 1.54) is 0 Å². The molecule has 0 saturated heterocycles. The zero-order valence-corrected chi connectivity index (χ0v) is 7.73. The highest BCUT2D eigenvalue weighted by atomic mass is 19.4. The molecule has 5 heteroatoms. The van der Waals surface area contributed by atoms with Crippen LogP contribution in [0.1, 0.15) is 11.3 Å². The summed E-state index contributed by atoms with van der Waals surface area (Å²) < 4.78 is 35.2. The molecule has 78 valence electrons. The molecule has 1 aromatic rings. The van der Waals surface area contributed by atoms with Crippen molar-refractivity contribution in [1.29, 1.82) is 0 Å². The molecule has 0 aliphatic rings. The number of nitrogens with zero attached hydrogens (tertiary/aromatic N) is 1. The van der Waals surface area contributed by atoms with Crippen molar-refractivity contribution in [3.8, 4) is 0 Å². The number of alkyl halides is 3. The number of nitrogens with one attached hydrogen (secondary N) is 1. The predicted octanol–water partition coefficient (Wildman–Crippen LogP) is 2.04. The monoisotopic (exact) mass is 204 g/mol. The Balaban J connectivity index is 2.35. The Labute approximate surface area is 80.2 Å².